The molecule has 1 aliphatic heterocycles. The lowest BCUT2D eigenvalue weighted by Crippen LogP contribution is -2.55. The van der Waals surface area contributed by atoms with E-state index in [-0.39, 0.29) is 29.9 Å². The summed E-state index contributed by atoms with van der Waals surface area (Å²) in [6, 6.07) is 9.25. The first kappa shape index (κ1) is 16.2. The molecule has 2 amide bonds. The van der Waals surface area contributed by atoms with Gasteiger partial charge in [0, 0.05) is 13.1 Å². The summed E-state index contributed by atoms with van der Waals surface area (Å²) in [7, 11) is 0. The van der Waals surface area contributed by atoms with Crippen LogP contribution in [0.5, 0.6) is 0 Å². The number of nitrogens with zero attached hydrogens (tertiary/aromatic N) is 1. The molecule has 0 saturated carbocycles. The molecular formula is C17H22N2O3. The highest BCUT2D eigenvalue weighted by Crippen LogP contribution is 2.20. The van der Waals surface area contributed by atoms with Crippen molar-refractivity contribution < 1.29 is 14.4 Å². The van der Waals surface area contributed by atoms with Gasteiger partial charge in [-0.3, -0.25) is 14.4 Å². The molecule has 1 heterocycles. The molecule has 118 valence electrons. The Morgan fingerprint density at radius 3 is 2.59 bits per heavy atom. The maximum atomic E-state index is 12.6. The van der Waals surface area contributed by atoms with Gasteiger partial charge in [0.2, 0.25) is 11.8 Å². The van der Waals surface area contributed by atoms with Gasteiger partial charge in [0.15, 0.2) is 0 Å². The molecule has 5 heteroatoms. The molecule has 0 aromatic heterocycles. The fraction of sp³-hybridized carbons (Fsp3) is 0.471. The van der Waals surface area contributed by atoms with E-state index in [9.17, 15) is 14.4 Å². The second kappa shape index (κ2) is 7.20. The minimum atomic E-state index is -0.538. The third-order valence-electron chi connectivity index (χ3n) is 3.94. The Hall–Kier alpha value is -2.17. The molecule has 1 fully saturated rings. The number of rotatable bonds is 5. The molecule has 5 nitrogen and oxygen atoms in total. The van der Waals surface area contributed by atoms with Crippen LogP contribution in [0.15, 0.2) is 30.3 Å². The van der Waals surface area contributed by atoms with Gasteiger partial charge < -0.3 is 10.2 Å². The number of amides is 2. The molecule has 1 saturated heterocycles. The Morgan fingerprint density at radius 1 is 1.27 bits per heavy atom. The highest BCUT2D eigenvalue weighted by atomic mass is 16.2. The number of carbonyl (C=O) groups is 3. The van der Waals surface area contributed by atoms with Crippen molar-refractivity contribution in [3.05, 3.63) is 35.9 Å². The van der Waals surface area contributed by atoms with Crippen molar-refractivity contribution >= 4 is 17.6 Å². The van der Waals surface area contributed by atoms with E-state index >= 15 is 0 Å². The fourth-order valence-corrected chi connectivity index (χ4v) is 2.69. The van der Waals surface area contributed by atoms with Crippen LogP contribution in [0.25, 0.3) is 0 Å². The summed E-state index contributed by atoms with van der Waals surface area (Å²) in [5.74, 6) is -0.566. The van der Waals surface area contributed by atoms with Crippen LogP contribution < -0.4 is 5.32 Å². The molecule has 1 aromatic carbocycles. The lowest BCUT2D eigenvalue weighted by Gasteiger charge is -2.36. The van der Waals surface area contributed by atoms with Crippen LogP contribution in [-0.4, -0.2) is 35.1 Å². The SMILES string of the molecule is CC(=O)CC(=O)NC1C(=O)N(Cc2ccccc2)CCC1C. The summed E-state index contributed by atoms with van der Waals surface area (Å²) in [5.41, 5.74) is 1.07. The fourth-order valence-electron chi connectivity index (χ4n) is 2.69. The van der Waals surface area contributed by atoms with Crippen molar-refractivity contribution in [1.29, 1.82) is 0 Å². The molecule has 0 bridgehead atoms. The van der Waals surface area contributed by atoms with E-state index < -0.39 is 6.04 Å². The summed E-state index contributed by atoms with van der Waals surface area (Å²) in [4.78, 5) is 37.1. The van der Waals surface area contributed by atoms with E-state index in [1.165, 1.54) is 6.92 Å². The molecular weight excluding hydrogens is 280 g/mol. The second-order valence-corrected chi connectivity index (χ2v) is 5.94. The number of nitrogens with one attached hydrogen (secondary N) is 1. The van der Waals surface area contributed by atoms with E-state index in [0.717, 1.165) is 12.0 Å². The molecule has 1 aliphatic rings. The average molecular weight is 302 g/mol. The van der Waals surface area contributed by atoms with E-state index in [1.54, 1.807) is 4.90 Å². The van der Waals surface area contributed by atoms with Crippen LogP contribution in [0.4, 0.5) is 0 Å². The predicted octanol–water partition coefficient (Wildman–Crippen LogP) is 1.52. The first-order chi connectivity index (χ1) is 10.5. The number of likely N-dealkylation sites (tertiary alicyclic amines) is 1. The highest BCUT2D eigenvalue weighted by molar-refractivity contribution is 5.98. The Morgan fingerprint density at radius 2 is 1.95 bits per heavy atom. The van der Waals surface area contributed by atoms with Crippen molar-refractivity contribution in [2.24, 2.45) is 5.92 Å². The highest BCUT2D eigenvalue weighted by Gasteiger charge is 2.35. The first-order valence-electron chi connectivity index (χ1n) is 7.59. The molecule has 2 atom stereocenters. The number of hydrogen-bond donors (Lipinski definition) is 1. The Labute approximate surface area is 130 Å². The van der Waals surface area contributed by atoms with Crippen LogP contribution in [0.2, 0.25) is 0 Å². The minimum Gasteiger partial charge on any atom is -0.344 e. The Kier molecular flexibility index (Phi) is 5.31. The van der Waals surface area contributed by atoms with E-state index in [0.29, 0.717) is 13.1 Å². The van der Waals surface area contributed by atoms with Crippen molar-refractivity contribution in [1.82, 2.24) is 10.2 Å². The van der Waals surface area contributed by atoms with Gasteiger partial charge in [-0.25, -0.2) is 0 Å². The zero-order chi connectivity index (χ0) is 16.1. The predicted molar refractivity (Wildman–Crippen MR) is 82.9 cm³/mol. The molecule has 1 N–H and O–H groups in total. The number of hydrogen-bond acceptors (Lipinski definition) is 3. The quantitative estimate of drug-likeness (QED) is 0.839. The number of carbonyl (C=O) groups excluding carboxylic acids is 3. The van der Waals surface area contributed by atoms with Gasteiger partial charge in [-0.1, -0.05) is 37.3 Å². The third kappa shape index (κ3) is 4.16. The molecule has 1 aromatic rings. The van der Waals surface area contributed by atoms with Crippen LogP contribution >= 0.6 is 0 Å². The average Bonchev–Trinajstić information content (AvgIpc) is 2.47. The molecule has 0 radical (unpaired) electrons. The Bertz CT molecular complexity index is 556. The number of ketones is 1. The molecule has 2 unspecified atom stereocenters. The van der Waals surface area contributed by atoms with Crippen LogP contribution in [0.1, 0.15) is 32.3 Å². The number of piperidine rings is 1. The first-order valence-corrected chi connectivity index (χ1v) is 7.59. The van der Waals surface area contributed by atoms with Crippen molar-refractivity contribution in [3.63, 3.8) is 0 Å². The standard InChI is InChI=1S/C17H22N2O3/c1-12-8-9-19(11-14-6-4-3-5-7-14)17(22)16(12)18-15(21)10-13(2)20/h3-7,12,16H,8-11H2,1-2H3,(H,18,21). The minimum absolute atomic E-state index is 0.0699. The van der Waals surface area contributed by atoms with Crippen molar-refractivity contribution in [2.75, 3.05) is 6.54 Å². The van der Waals surface area contributed by atoms with Crippen molar-refractivity contribution in [2.45, 2.75) is 39.3 Å². The zero-order valence-corrected chi connectivity index (χ0v) is 13.0. The summed E-state index contributed by atoms with van der Waals surface area (Å²) in [5, 5.41) is 2.71. The van der Waals surface area contributed by atoms with Gasteiger partial charge in [-0.05, 0) is 24.8 Å². The van der Waals surface area contributed by atoms with E-state index in [2.05, 4.69) is 5.32 Å². The summed E-state index contributed by atoms with van der Waals surface area (Å²) in [6.45, 7) is 4.56. The Balaban J connectivity index is 2.02. The van der Waals surface area contributed by atoms with Crippen LogP contribution in [0.3, 0.4) is 0 Å². The topological polar surface area (TPSA) is 66.5 Å². The van der Waals surface area contributed by atoms with Gasteiger partial charge in [0.25, 0.3) is 0 Å². The van der Waals surface area contributed by atoms with E-state index in [1.807, 2.05) is 37.3 Å². The number of Topliss-reactive ketones (excluding diaryl/α,β-unsaturated/α-hetero) is 1. The van der Waals surface area contributed by atoms with Gasteiger partial charge in [0.05, 0.1) is 6.42 Å². The molecule has 2 rings (SSSR count). The maximum absolute atomic E-state index is 12.6. The van der Waals surface area contributed by atoms with E-state index in [4.69, 9.17) is 0 Å². The second-order valence-electron chi connectivity index (χ2n) is 5.94. The van der Waals surface area contributed by atoms with Crippen LogP contribution in [-0.2, 0) is 20.9 Å². The normalized spacial score (nSPS) is 21.5. The maximum Gasteiger partial charge on any atom is 0.245 e. The largest absolute Gasteiger partial charge is 0.344 e. The molecule has 0 aliphatic carbocycles. The van der Waals surface area contributed by atoms with Gasteiger partial charge >= 0.3 is 0 Å². The summed E-state index contributed by atoms with van der Waals surface area (Å²) < 4.78 is 0. The number of benzene rings is 1. The van der Waals surface area contributed by atoms with Gasteiger partial charge in [0.1, 0.15) is 11.8 Å². The zero-order valence-electron chi connectivity index (χ0n) is 13.0. The molecule has 22 heavy (non-hydrogen) atoms. The lowest BCUT2D eigenvalue weighted by molar-refractivity contribution is -0.142. The molecule has 0 spiro atoms. The van der Waals surface area contributed by atoms with Crippen molar-refractivity contribution in [3.8, 4) is 0 Å². The lowest BCUT2D eigenvalue weighted by atomic mass is 9.92. The van der Waals surface area contributed by atoms with Crippen LogP contribution in [0, 0.1) is 5.92 Å². The van der Waals surface area contributed by atoms with Gasteiger partial charge in [-0.2, -0.15) is 0 Å². The smallest absolute Gasteiger partial charge is 0.245 e. The summed E-state index contributed by atoms with van der Waals surface area (Å²) in [6.07, 6.45) is 0.665. The monoisotopic (exact) mass is 302 g/mol. The van der Waals surface area contributed by atoms with Gasteiger partial charge in [-0.15, -0.1) is 0 Å². The summed E-state index contributed by atoms with van der Waals surface area (Å²) >= 11 is 0. The third-order valence-corrected chi connectivity index (χ3v) is 3.94.